The summed E-state index contributed by atoms with van der Waals surface area (Å²) in [5.41, 5.74) is -0.367. The first kappa shape index (κ1) is 19.0. The Labute approximate surface area is 158 Å². The molecule has 0 saturated carbocycles. The van der Waals surface area contributed by atoms with E-state index in [-0.39, 0.29) is 25.1 Å². The summed E-state index contributed by atoms with van der Waals surface area (Å²) in [5, 5.41) is 12.0. The fourth-order valence-corrected chi connectivity index (χ4v) is 3.38. The van der Waals surface area contributed by atoms with Crippen LogP contribution in [0.1, 0.15) is 26.2 Å². The zero-order valence-corrected chi connectivity index (χ0v) is 15.4. The van der Waals surface area contributed by atoms with E-state index in [2.05, 4.69) is 5.32 Å². The normalized spacial score (nSPS) is 22.0. The fourth-order valence-electron chi connectivity index (χ4n) is 3.38. The maximum atomic E-state index is 12.4. The van der Waals surface area contributed by atoms with E-state index in [4.69, 9.17) is 4.74 Å². The molecule has 1 unspecified atom stereocenters. The Balaban J connectivity index is 1.53. The molecule has 3 amide bonds. The molecule has 2 saturated heterocycles. The van der Waals surface area contributed by atoms with Crippen LogP contribution < -0.4 is 10.1 Å². The van der Waals surface area contributed by atoms with Crippen molar-refractivity contribution in [1.29, 1.82) is 0 Å². The molecular formula is C19H25N3O5. The average molecular weight is 375 g/mol. The van der Waals surface area contributed by atoms with Crippen molar-refractivity contribution in [2.45, 2.75) is 26.2 Å². The van der Waals surface area contributed by atoms with Crippen molar-refractivity contribution in [2.24, 2.45) is 5.41 Å². The number of amides is 3. The number of ether oxygens (including phenoxy) is 1. The van der Waals surface area contributed by atoms with Crippen molar-refractivity contribution < 1.29 is 24.2 Å². The monoisotopic (exact) mass is 375 g/mol. The Bertz CT molecular complexity index is 732. The van der Waals surface area contributed by atoms with Gasteiger partial charge >= 0.3 is 12.0 Å². The number of likely N-dealkylation sites (tertiary alicyclic amines) is 2. The zero-order chi connectivity index (χ0) is 19.4. The first-order chi connectivity index (χ1) is 12.9. The number of carbonyl (C=O) groups excluding carboxylic acids is 2. The minimum absolute atomic E-state index is 0.0273. The number of carbonyl (C=O) groups is 3. The molecule has 2 N–H and O–H groups in total. The molecule has 2 heterocycles. The Hall–Kier alpha value is -2.77. The van der Waals surface area contributed by atoms with Crippen LogP contribution in [0.5, 0.6) is 5.75 Å². The molecule has 0 spiro atoms. The number of benzene rings is 1. The van der Waals surface area contributed by atoms with E-state index in [9.17, 15) is 19.5 Å². The van der Waals surface area contributed by atoms with Crippen molar-refractivity contribution in [3.63, 3.8) is 0 Å². The van der Waals surface area contributed by atoms with Gasteiger partial charge in [0.15, 0.2) is 6.61 Å². The lowest BCUT2D eigenvalue weighted by Gasteiger charge is -2.20. The van der Waals surface area contributed by atoms with Crippen LogP contribution in [0.3, 0.4) is 0 Å². The van der Waals surface area contributed by atoms with E-state index in [0.717, 1.165) is 25.9 Å². The molecule has 2 aliphatic rings. The topological polar surface area (TPSA) is 99.2 Å². The highest BCUT2D eigenvalue weighted by molar-refractivity contribution is 5.90. The van der Waals surface area contributed by atoms with Gasteiger partial charge in [-0.3, -0.25) is 9.59 Å². The Morgan fingerprint density at radius 1 is 1.19 bits per heavy atom. The summed E-state index contributed by atoms with van der Waals surface area (Å²) in [4.78, 5) is 39.0. The van der Waals surface area contributed by atoms with Crippen LogP contribution in [0.25, 0.3) is 0 Å². The maximum Gasteiger partial charge on any atom is 0.321 e. The SMILES string of the molecule is CC1(C(=O)O)CCN(C(=O)Nc2cccc(OCC(=O)N3CCCC3)c2)C1. The average Bonchev–Trinajstić information content (AvgIpc) is 3.30. The number of aliphatic carboxylic acids is 1. The Morgan fingerprint density at radius 2 is 1.93 bits per heavy atom. The molecule has 1 atom stereocenters. The molecule has 1 aromatic rings. The Morgan fingerprint density at radius 3 is 2.59 bits per heavy atom. The van der Waals surface area contributed by atoms with Crippen LogP contribution in [-0.2, 0) is 9.59 Å². The summed E-state index contributed by atoms with van der Waals surface area (Å²) in [6.07, 6.45) is 2.49. The molecule has 146 valence electrons. The standard InChI is InChI=1S/C19H25N3O5/c1-19(17(24)25)7-10-22(13-19)18(26)20-14-5-4-6-15(11-14)27-12-16(23)21-8-2-3-9-21/h4-6,11H,2-3,7-10,12-13H2,1H3,(H,20,26)(H,24,25). The molecule has 1 aromatic carbocycles. The molecule has 8 nitrogen and oxygen atoms in total. The number of hydrogen-bond donors (Lipinski definition) is 2. The molecule has 8 heteroatoms. The third-order valence-corrected chi connectivity index (χ3v) is 5.18. The van der Waals surface area contributed by atoms with Crippen molar-refractivity contribution in [3.05, 3.63) is 24.3 Å². The summed E-state index contributed by atoms with van der Waals surface area (Å²) in [5.74, 6) is -0.431. The van der Waals surface area contributed by atoms with Gasteiger partial charge < -0.3 is 25.0 Å². The van der Waals surface area contributed by atoms with Gasteiger partial charge in [0.25, 0.3) is 5.91 Å². The van der Waals surface area contributed by atoms with Crippen LogP contribution >= 0.6 is 0 Å². The Kier molecular flexibility index (Phi) is 5.53. The van der Waals surface area contributed by atoms with Gasteiger partial charge in [0.2, 0.25) is 0 Å². The maximum absolute atomic E-state index is 12.4. The predicted octanol–water partition coefficient (Wildman–Crippen LogP) is 2.02. The second kappa shape index (κ2) is 7.85. The van der Waals surface area contributed by atoms with Crippen LogP contribution in [0.15, 0.2) is 24.3 Å². The van der Waals surface area contributed by atoms with Crippen molar-refractivity contribution in [1.82, 2.24) is 9.80 Å². The molecule has 0 aliphatic carbocycles. The molecule has 27 heavy (non-hydrogen) atoms. The van der Waals surface area contributed by atoms with Gasteiger partial charge in [-0.25, -0.2) is 4.79 Å². The lowest BCUT2D eigenvalue weighted by molar-refractivity contribution is -0.147. The van der Waals surface area contributed by atoms with Crippen molar-refractivity contribution >= 4 is 23.6 Å². The van der Waals surface area contributed by atoms with Crippen LogP contribution in [0.2, 0.25) is 0 Å². The van der Waals surface area contributed by atoms with Crippen molar-refractivity contribution in [3.8, 4) is 5.75 Å². The number of nitrogens with zero attached hydrogens (tertiary/aromatic N) is 2. The van der Waals surface area contributed by atoms with Crippen LogP contribution in [0, 0.1) is 5.41 Å². The summed E-state index contributed by atoms with van der Waals surface area (Å²) in [6, 6.07) is 6.49. The number of hydrogen-bond acceptors (Lipinski definition) is 4. The number of nitrogens with one attached hydrogen (secondary N) is 1. The minimum Gasteiger partial charge on any atom is -0.484 e. The molecule has 0 bridgehead atoms. The van der Waals surface area contributed by atoms with E-state index in [1.54, 1.807) is 36.1 Å². The van der Waals surface area contributed by atoms with Crippen molar-refractivity contribution in [2.75, 3.05) is 38.1 Å². The van der Waals surface area contributed by atoms with Crippen LogP contribution in [0.4, 0.5) is 10.5 Å². The molecule has 2 aliphatic heterocycles. The summed E-state index contributed by atoms with van der Waals surface area (Å²) < 4.78 is 5.56. The highest BCUT2D eigenvalue weighted by Gasteiger charge is 2.42. The third-order valence-electron chi connectivity index (χ3n) is 5.18. The van der Waals surface area contributed by atoms with Gasteiger partial charge in [0.05, 0.1) is 5.41 Å². The first-order valence-corrected chi connectivity index (χ1v) is 9.17. The van der Waals surface area contributed by atoms with E-state index in [1.807, 2.05) is 0 Å². The molecule has 3 rings (SSSR count). The lowest BCUT2D eigenvalue weighted by Crippen LogP contribution is -2.37. The number of anilines is 1. The second-order valence-corrected chi connectivity index (χ2v) is 7.37. The number of urea groups is 1. The second-order valence-electron chi connectivity index (χ2n) is 7.37. The summed E-state index contributed by atoms with van der Waals surface area (Å²) in [7, 11) is 0. The minimum atomic E-state index is -0.905. The largest absolute Gasteiger partial charge is 0.484 e. The molecule has 0 radical (unpaired) electrons. The van der Waals surface area contributed by atoms with Gasteiger partial charge in [-0.15, -0.1) is 0 Å². The highest BCUT2D eigenvalue weighted by Crippen LogP contribution is 2.30. The van der Waals surface area contributed by atoms with Gasteiger partial charge in [-0.1, -0.05) is 6.07 Å². The van der Waals surface area contributed by atoms with Gasteiger partial charge in [-0.05, 0) is 38.3 Å². The zero-order valence-electron chi connectivity index (χ0n) is 15.4. The molecular weight excluding hydrogens is 350 g/mol. The highest BCUT2D eigenvalue weighted by atomic mass is 16.5. The fraction of sp³-hybridized carbons (Fsp3) is 0.526. The van der Waals surface area contributed by atoms with E-state index >= 15 is 0 Å². The number of rotatable bonds is 5. The first-order valence-electron chi connectivity index (χ1n) is 9.17. The van der Waals surface area contributed by atoms with Gasteiger partial charge in [-0.2, -0.15) is 0 Å². The third kappa shape index (κ3) is 4.50. The summed E-state index contributed by atoms with van der Waals surface area (Å²) in [6.45, 7) is 3.76. The lowest BCUT2D eigenvalue weighted by atomic mass is 9.90. The smallest absolute Gasteiger partial charge is 0.321 e. The van der Waals surface area contributed by atoms with E-state index in [0.29, 0.717) is 24.4 Å². The van der Waals surface area contributed by atoms with Crippen LogP contribution in [-0.4, -0.2) is 65.6 Å². The molecule has 2 fully saturated rings. The number of carboxylic acids is 1. The van der Waals surface area contributed by atoms with E-state index < -0.39 is 11.4 Å². The van der Waals surface area contributed by atoms with Gasteiger partial charge in [0, 0.05) is 37.9 Å². The van der Waals surface area contributed by atoms with E-state index in [1.165, 1.54) is 4.90 Å². The number of carboxylic acid groups (broad SMARTS) is 1. The molecule has 0 aromatic heterocycles. The summed E-state index contributed by atoms with van der Waals surface area (Å²) >= 11 is 0. The van der Waals surface area contributed by atoms with Gasteiger partial charge in [0.1, 0.15) is 5.75 Å². The quantitative estimate of drug-likeness (QED) is 0.820. The predicted molar refractivity (Wildman–Crippen MR) is 98.7 cm³/mol.